The lowest BCUT2D eigenvalue weighted by Crippen LogP contribution is -2.35. The second-order valence-electron chi connectivity index (χ2n) is 7.98. The van der Waals surface area contributed by atoms with Gasteiger partial charge >= 0.3 is 0 Å². The van der Waals surface area contributed by atoms with Crippen LogP contribution in [0.25, 0.3) is 0 Å². The van der Waals surface area contributed by atoms with E-state index < -0.39 is 0 Å². The Morgan fingerprint density at radius 2 is 1.93 bits per heavy atom. The quantitative estimate of drug-likeness (QED) is 0.834. The Labute approximate surface area is 160 Å². The number of nitriles is 1. The van der Waals surface area contributed by atoms with Gasteiger partial charge in [0, 0.05) is 37.2 Å². The van der Waals surface area contributed by atoms with E-state index in [0.29, 0.717) is 24.2 Å². The van der Waals surface area contributed by atoms with E-state index in [1.54, 1.807) is 24.3 Å². The fourth-order valence-corrected chi connectivity index (χ4v) is 3.12. The molecule has 3 rings (SSSR count). The van der Waals surface area contributed by atoms with Gasteiger partial charge < -0.3 is 9.32 Å². The Kier molecular flexibility index (Phi) is 5.62. The molecule has 0 bridgehead atoms. The van der Waals surface area contributed by atoms with Crippen LogP contribution in [0.4, 0.5) is 0 Å². The van der Waals surface area contributed by atoms with Gasteiger partial charge in [0.05, 0.1) is 24.4 Å². The van der Waals surface area contributed by atoms with Crippen molar-refractivity contribution in [2.24, 2.45) is 0 Å². The smallest absolute Gasteiger partial charge is 0.253 e. The molecule has 1 aliphatic heterocycles. The van der Waals surface area contributed by atoms with Crippen molar-refractivity contribution >= 4 is 5.91 Å². The molecule has 0 atom stereocenters. The van der Waals surface area contributed by atoms with E-state index in [-0.39, 0.29) is 11.3 Å². The molecule has 6 heteroatoms. The van der Waals surface area contributed by atoms with Crippen molar-refractivity contribution < 1.29 is 9.21 Å². The summed E-state index contributed by atoms with van der Waals surface area (Å²) < 4.78 is 5.90. The van der Waals surface area contributed by atoms with Gasteiger partial charge in [-0.05, 0) is 30.7 Å². The Balaban J connectivity index is 1.59. The first-order valence-corrected chi connectivity index (χ1v) is 9.34. The van der Waals surface area contributed by atoms with Crippen molar-refractivity contribution in [3.05, 3.63) is 53.2 Å². The van der Waals surface area contributed by atoms with Gasteiger partial charge in [0.2, 0.25) is 5.89 Å². The SMILES string of the molecule is CC(C)(C)c1cnc(CN2CCCN(C(=O)c3ccc(C#N)cc3)CC2)o1. The van der Waals surface area contributed by atoms with E-state index in [0.717, 1.165) is 37.7 Å². The summed E-state index contributed by atoms with van der Waals surface area (Å²) in [6.45, 7) is 10.1. The number of oxazole rings is 1. The number of carbonyl (C=O) groups excluding carboxylic acids is 1. The second kappa shape index (κ2) is 7.93. The maximum Gasteiger partial charge on any atom is 0.253 e. The van der Waals surface area contributed by atoms with Crippen LogP contribution in [0.2, 0.25) is 0 Å². The highest BCUT2D eigenvalue weighted by atomic mass is 16.4. The average molecular weight is 366 g/mol. The molecule has 1 amide bonds. The summed E-state index contributed by atoms with van der Waals surface area (Å²) in [6, 6.07) is 8.90. The number of aromatic nitrogens is 1. The number of nitrogens with zero attached hydrogens (tertiary/aromatic N) is 4. The van der Waals surface area contributed by atoms with Gasteiger partial charge in [-0.25, -0.2) is 4.98 Å². The molecule has 0 unspecified atom stereocenters. The van der Waals surface area contributed by atoms with Crippen LogP contribution >= 0.6 is 0 Å². The molecule has 0 spiro atoms. The van der Waals surface area contributed by atoms with Crippen LogP contribution in [0.5, 0.6) is 0 Å². The Morgan fingerprint density at radius 1 is 1.19 bits per heavy atom. The minimum absolute atomic E-state index is 0.0208. The van der Waals surface area contributed by atoms with Crippen molar-refractivity contribution in [3.8, 4) is 6.07 Å². The number of rotatable bonds is 3. The van der Waals surface area contributed by atoms with Gasteiger partial charge in [-0.2, -0.15) is 5.26 Å². The summed E-state index contributed by atoms with van der Waals surface area (Å²) in [7, 11) is 0. The monoisotopic (exact) mass is 366 g/mol. The van der Waals surface area contributed by atoms with Crippen LogP contribution in [-0.2, 0) is 12.0 Å². The minimum Gasteiger partial charge on any atom is -0.444 e. The first-order chi connectivity index (χ1) is 12.9. The van der Waals surface area contributed by atoms with Crippen LogP contribution < -0.4 is 0 Å². The lowest BCUT2D eigenvalue weighted by molar-refractivity contribution is 0.0760. The zero-order valence-corrected chi connectivity index (χ0v) is 16.2. The molecule has 1 saturated heterocycles. The van der Waals surface area contributed by atoms with Crippen molar-refractivity contribution in [2.75, 3.05) is 26.2 Å². The zero-order chi connectivity index (χ0) is 19.4. The van der Waals surface area contributed by atoms with E-state index in [9.17, 15) is 4.79 Å². The molecular formula is C21H26N4O2. The Hall–Kier alpha value is -2.65. The molecule has 1 fully saturated rings. The highest BCUT2D eigenvalue weighted by Gasteiger charge is 2.23. The van der Waals surface area contributed by atoms with Crippen LogP contribution in [0.3, 0.4) is 0 Å². The van der Waals surface area contributed by atoms with Gasteiger partial charge in [0.1, 0.15) is 5.76 Å². The summed E-state index contributed by atoms with van der Waals surface area (Å²) in [5, 5.41) is 8.89. The number of hydrogen-bond acceptors (Lipinski definition) is 5. The predicted octanol–water partition coefficient (Wildman–Crippen LogP) is 3.19. The highest BCUT2D eigenvalue weighted by molar-refractivity contribution is 5.94. The summed E-state index contributed by atoms with van der Waals surface area (Å²) in [4.78, 5) is 21.3. The highest BCUT2D eigenvalue weighted by Crippen LogP contribution is 2.23. The molecule has 0 aliphatic carbocycles. The van der Waals surface area contributed by atoms with Crippen molar-refractivity contribution in [1.82, 2.24) is 14.8 Å². The van der Waals surface area contributed by atoms with Crippen LogP contribution in [0, 0.1) is 11.3 Å². The van der Waals surface area contributed by atoms with Crippen molar-refractivity contribution in [3.63, 3.8) is 0 Å². The molecule has 2 aromatic rings. The summed E-state index contributed by atoms with van der Waals surface area (Å²) in [6.07, 6.45) is 2.72. The van der Waals surface area contributed by atoms with Crippen LogP contribution in [-0.4, -0.2) is 46.9 Å². The number of amides is 1. The molecule has 142 valence electrons. The van der Waals surface area contributed by atoms with Gasteiger partial charge in [-0.15, -0.1) is 0 Å². The molecule has 27 heavy (non-hydrogen) atoms. The molecule has 6 nitrogen and oxygen atoms in total. The molecule has 0 radical (unpaired) electrons. The third kappa shape index (κ3) is 4.75. The lowest BCUT2D eigenvalue weighted by atomic mass is 9.94. The van der Waals surface area contributed by atoms with Crippen molar-refractivity contribution in [1.29, 1.82) is 5.26 Å². The van der Waals surface area contributed by atoms with Gasteiger partial charge in [-0.3, -0.25) is 9.69 Å². The average Bonchev–Trinajstić information content (AvgIpc) is 3.00. The van der Waals surface area contributed by atoms with Gasteiger partial charge in [0.15, 0.2) is 0 Å². The lowest BCUT2D eigenvalue weighted by Gasteiger charge is -2.21. The predicted molar refractivity (Wildman–Crippen MR) is 102 cm³/mol. The fourth-order valence-electron chi connectivity index (χ4n) is 3.12. The molecule has 1 aromatic heterocycles. The van der Waals surface area contributed by atoms with E-state index in [2.05, 4.69) is 36.7 Å². The molecule has 2 heterocycles. The standard InChI is InChI=1S/C21H26N4O2/c1-21(2,3)18-14-23-19(27-18)15-24-9-4-10-25(12-11-24)20(26)17-7-5-16(13-22)6-8-17/h5-8,14H,4,9-12,15H2,1-3H3. The van der Waals surface area contributed by atoms with Gasteiger partial charge in [0.25, 0.3) is 5.91 Å². The van der Waals surface area contributed by atoms with E-state index in [1.807, 2.05) is 11.1 Å². The number of hydrogen-bond donors (Lipinski definition) is 0. The maximum atomic E-state index is 12.7. The zero-order valence-electron chi connectivity index (χ0n) is 16.2. The summed E-state index contributed by atoms with van der Waals surface area (Å²) in [5.41, 5.74) is 1.15. The number of carbonyl (C=O) groups is 1. The first kappa shape index (κ1) is 19.1. The summed E-state index contributed by atoms with van der Waals surface area (Å²) >= 11 is 0. The normalized spacial score (nSPS) is 16.0. The third-order valence-corrected chi connectivity index (χ3v) is 4.79. The van der Waals surface area contributed by atoms with Crippen LogP contribution in [0.1, 0.15) is 54.8 Å². The summed E-state index contributed by atoms with van der Waals surface area (Å²) in [5.74, 6) is 1.64. The maximum absolute atomic E-state index is 12.7. The first-order valence-electron chi connectivity index (χ1n) is 9.34. The second-order valence-corrected chi connectivity index (χ2v) is 7.98. The van der Waals surface area contributed by atoms with E-state index in [4.69, 9.17) is 9.68 Å². The molecule has 1 aliphatic rings. The topological polar surface area (TPSA) is 73.4 Å². The van der Waals surface area contributed by atoms with Gasteiger partial charge in [-0.1, -0.05) is 20.8 Å². The van der Waals surface area contributed by atoms with E-state index in [1.165, 1.54) is 0 Å². The Bertz CT molecular complexity index is 827. The molecule has 1 aromatic carbocycles. The fraction of sp³-hybridized carbons (Fsp3) is 0.476. The molecule has 0 saturated carbocycles. The number of benzene rings is 1. The Morgan fingerprint density at radius 3 is 2.56 bits per heavy atom. The molecule has 0 N–H and O–H groups in total. The third-order valence-electron chi connectivity index (χ3n) is 4.79. The largest absolute Gasteiger partial charge is 0.444 e. The van der Waals surface area contributed by atoms with E-state index >= 15 is 0 Å². The minimum atomic E-state index is -0.0473. The van der Waals surface area contributed by atoms with Crippen molar-refractivity contribution in [2.45, 2.75) is 39.2 Å². The molecular weight excluding hydrogens is 340 g/mol. The van der Waals surface area contributed by atoms with Crippen LogP contribution in [0.15, 0.2) is 34.9 Å².